The SMILES string of the molecule is Cc1cn(-c2ccc(NC(=O)[C@@H](NCCc3ccc(C#N)cc3)c3ccccc3)nc2)cn1. The monoisotopic (exact) mass is 436 g/mol. The lowest BCUT2D eigenvalue weighted by molar-refractivity contribution is -0.118. The molecule has 0 fully saturated rings. The summed E-state index contributed by atoms with van der Waals surface area (Å²) in [4.78, 5) is 21.7. The maximum absolute atomic E-state index is 13.1. The van der Waals surface area contributed by atoms with Crippen LogP contribution in [0.1, 0.15) is 28.4 Å². The van der Waals surface area contributed by atoms with Crippen molar-refractivity contribution in [1.82, 2.24) is 19.9 Å². The minimum absolute atomic E-state index is 0.181. The average Bonchev–Trinajstić information content (AvgIpc) is 3.29. The van der Waals surface area contributed by atoms with Gasteiger partial charge in [0.2, 0.25) is 5.91 Å². The highest BCUT2D eigenvalue weighted by Crippen LogP contribution is 2.17. The maximum atomic E-state index is 13.1. The Bertz CT molecular complexity index is 1240. The van der Waals surface area contributed by atoms with Gasteiger partial charge in [-0.2, -0.15) is 5.26 Å². The normalized spacial score (nSPS) is 11.5. The second-order valence-corrected chi connectivity index (χ2v) is 7.67. The number of nitrogens with one attached hydrogen (secondary N) is 2. The van der Waals surface area contributed by atoms with Gasteiger partial charge in [-0.05, 0) is 48.7 Å². The number of anilines is 1. The summed E-state index contributed by atoms with van der Waals surface area (Å²) in [6.45, 7) is 2.53. The van der Waals surface area contributed by atoms with E-state index in [1.807, 2.05) is 66.2 Å². The van der Waals surface area contributed by atoms with Gasteiger partial charge in [-0.25, -0.2) is 9.97 Å². The number of imidazole rings is 1. The highest BCUT2D eigenvalue weighted by atomic mass is 16.2. The molecule has 4 rings (SSSR count). The van der Waals surface area contributed by atoms with Crippen LogP contribution in [0.3, 0.4) is 0 Å². The van der Waals surface area contributed by atoms with E-state index in [1.165, 1.54) is 0 Å². The van der Waals surface area contributed by atoms with Crippen LogP contribution < -0.4 is 10.6 Å². The topological polar surface area (TPSA) is 95.6 Å². The number of pyridine rings is 1. The van der Waals surface area contributed by atoms with Crippen molar-refractivity contribution in [1.29, 1.82) is 5.26 Å². The fraction of sp³-hybridized carbons (Fsp3) is 0.154. The van der Waals surface area contributed by atoms with E-state index in [0.717, 1.165) is 28.9 Å². The van der Waals surface area contributed by atoms with Gasteiger partial charge in [-0.15, -0.1) is 0 Å². The first kappa shape index (κ1) is 21.9. The van der Waals surface area contributed by atoms with Crippen molar-refractivity contribution < 1.29 is 4.79 Å². The first-order valence-electron chi connectivity index (χ1n) is 10.7. The molecule has 7 heteroatoms. The Kier molecular flexibility index (Phi) is 6.88. The highest BCUT2D eigenvalue weighted by molar-refractivity contribution is 5.94. The van der Waals surface area contributed by atoms with Gasteiger partial charge in [0, 0.05) is 12.7 Å². The van der Waals surface area contributed by atoms with Crippen LogP contribution in [0.25, 0.3) is 5.69 Å². The Morgan fingerprint density at radius 1 is 1.06 bits per heavy atom. The Morgan fingerprint density at radius 2 is 1.85 bits per heavy atom. The molecule has 2 aromatic carbocycles. The number of nitriles is 1. The summed E-state index contributed by atoms with van der Waals surface area (Å²) >= 11 is 0. The van der Waals surface area contributed by atoms with Crippen molar-refractivity contribution in [2.24, 2.45) is 0 Å². The van der Waals surface area contributed by atoms with E-state index in [9.17, 15) is 4.79 Å². The van der Waals surface area contributed by atoms with Gasteiger partial charge < -0.3 is 15.2 Å². The van der Waals surface area contributed by atoms with E-state index in [2.05, 4.69) is 26.7 Å². The quantitative estimate of drug-likeness (QED) is 0.436. The number of hydrogen-bond donors (Lipinski definition) is 2. The van der Waals surface area contributed by atoms with E-state index in [0.29, 0.717) is 17.9 Å². The number of nitrogens with zero attached hydrogens (tertiary/aromatic N) is 4. The van der Waals surface area contributed by atoms with Gasteiger partial charge in [-0.3, -0.25) is 4.79 Å². The molecule has 0 saturated heterocycles. The zero-order valence-electron chi connectivity index (χ0n) is 18.3. The minimum Gasteiger partial charge on any atom is -0.309 e. The summed E-state index contributed by atoms with van der Waals surface area (Å²) < 4.78 is 1.88. The van der Waals surface area contributed by atoms with Gasteiger partial charge in [0.1, 0.15) is 11.9 Å². The minimum atomic E-state index is -0.526. The standard InChI is InChI=1S/C26H24N6O/c1-19-17-32(18-30-19)23-11-12-24(29-16-23)31-26(33)25(22-5-3-2-4-6-22)28-14-13-20-7-9-21(15-27)10-8-20/h2-12,16-18,25,28H,13-14H2,1H3,(H,29,31,33)/t25-/m0/s1. The molecule has 7 nitrogen and oxygen atoms in total. The van der Waals surface area contributed by atoms with Gasteiger partial charge in [0.25, 0.3) is 0 Å². The number of aromatic nitrogens is 3. The van der Waals surface area contributed by atoms with Crippen molar-refractivity contribution in [3.8, 4) is 11.8 Å². The second-order valence-electron chi connectivity index (χ2n) is 7.67. The molecule has 0 unspecified atom stereocenters. The van der Waals surface area contributed by atoms with E-state index in [1.54, 1.807) is 30.7 Å². The maximum Gasteiger partial charge on any atom is 0.247 e. The number of rotatable bonds is 8. The lowest BCUT2D eigenvalue weighted by Gasteiger charge is -2.19. The molecule has 0 aliphatic carbocycles. The van der Waals surface area contributed by atoms with Crippen LogP contribution in [0.15, 0.2) is 85.5 Å². The molecule has 1 atom stereocenters. The first-order chi connectivity index (χ1) is 16.1. The largest absolute Gasteiger partial charge is 0.309 e. The summed E-state index contributed by atoms with van der Waals surface area (Å²) in [5.41, 5.74) is 4.40. The van der Waals surface area contributed by atoms with Crippen LogP contribution in [0.2, 0.25) is 0 Å². The summed E-state index contributed by atoms with van der Waals surface area (Å²) in [5, 5.41) is 15.2. The molecule has 2 N–H and O–H groups in total. The van der Waals surface area contributed by atoms with Gasteiger partial charge in [0.05, 0.1) is 35.5 Å². The number of amides is 1. The molecule has 4 aromatic rings. The second kappa shape index (κ2) is 10.4. The molecule has 33 heavy (non-hydrogen) atoms. The van der Waals surface area contributed by atoms with Crippen LogP contribution in [0.5, 0.6) is 0 Å². The van der Waals surface area contributed by atoms with Crippen LogP contribution in [0, 0.1) is 18.3 Å². The van der Waals surface area contributed by atoms with Crippen LogP contribution in [-0.2, 0) is 11.2 Å². The highest BCUT2D eigenvalue weighted by Gasteiger charge is 2.20. The lowest BCUT2D eigenvalue weighted by atomic mass is 10.1. The third-order valence-corrected chi connectivity index (χ3v) is 5.25. The van der Waals surface area contributed by atoms with Crippen LogP contribution in [0.4, 0.5) is 5.82 Å². The third kappa shape index (κ3) is 5.70. The third-order valence-electron chi connectivity index (χ3n) is 5.25. The number of aryl methyl sites for hydroxylation is 1. The molecule has 0 saturated carbocycles. The van der Waals surface area contributed by atoms with E-state index in [-0.39, 0.29) is 5.91 Å². The lowest BCUT2D eigenvalue weighted by Crippen LogP contribution is -2.34. The molecule has 0 aliphatic heterocycles. The van der Waals surface area contributed by atoms with Crippen molar-refractivity contribution in [3.63, 3.8) is 0 Å². The molecule has 2 heterocycles. The summed E-state index contributed by atoms with van der Waals surface area (Å²) in [7, 11) is 0. The molecular weight excluding hydrogens is 412 g/mol. The summed E-state index contributed by atoms with van der Waals surface area (Å²) in [6, 6.07) is 22.3. The molecule has 2 aromatic heterocycles. The van der Waals surface area contributed by atoms with Gasteiger partial charge in [0.15, 0.2) is 0 Å². The zero-order valence-corrected chi connectivity index (χ0v) is 18.3. The Labute approximate surface area is 192 Å². The van der Waals surface area contributed by atoms with E-state index >= 15 is 0 Å². The molecule has 0 spiro atoms. The van der Waals surface area contributed by atoms with Crippen LogP contribution in [-0.4, -0.2) is 27.0 Å². The number of hydrogen-bond acceptors (Lipinski definition) is 5. The smallest absolute Gasteiger partial charge is 0.247 e. The summed E-state index contributed by atoms with van der Waals surface area (Å²) in [5.74, 6) is 0.301. The number of carbonyl (C=O) groups excluding carboxylic acids is 1. The average molecular weight is 437 g/mol. The molecule has 0 bridgehead atoms. The van der Waals surface area contributed by atoms with Crippen molar-refractivity contribution in [2.45, 2.75) is 19.4 Å². The van der Waals surface area contributed by atoms with Crippen LogP contribution >= 0.6 is 0 Å². The Balaban J connectivity index is 1.42. The first-order valence-corrected chi connectivity index (χ1v) is 10.7. The fourth-order valence-corrected chi connectivity index (χ4v) is 3.49. The Morgan fingerprint density at radius 3 is 2.48 bits per heavy atom. The predicted molar refractivity (Wildman–Crippen MR) is 127 cm³/mol. The molecular formula is C26H24N6O. The molecule has 164 valence electrons. The van der Waals surface area contributed by atoms with Crippen molar-refractivity contribution in [3.05, 3.63) is 108 Å². The van der Waals surface area contributed by atoms with E-state index < -0.39 is 6.04 Å². The van der Waals surface area contributed by atoms with Gasteiger partial charge in [-0.1, -0.05) is 42.5 Å². The molecule has 0 radical (unpaired) electrons. The van der Waals surface area contributed by atoms with Crippen molar-refractivity contribution in [2.75, 3.05) is 11.9 Å². The number of benzene rings is 2. The molecule has 0 aliphatic rings. The predicted octanol–water partition coefficient (Wildman–Crippen LogP) is 3.96. The molecule has 1 amide bonds. The summed E-state index contributed by atoms with van der Waals surface area (Å²) in [6.07, 6.45) is 6.08. The number of carbonyl (C=O) groups is 1. The fourth-order valence-electron chi connectivity index (χ4n) is 3.49. The zero-order chi connectivity index (χ0) is 23.0. The van der Waals surface area contributed by atoms with Gasteiger partial charge >= 0.3 is 0 Å². The Hall–Kier alpha value is -4.28. The van der Waals surface area contributed by atoms with Crippen molar-refractivity contribution >= 4 is 11.7 Å². The van der Waals surface area contributed by atoms with E-state index in [4.69, 9.17) is 5.26 Å².